The van der Waals surface area contributed by atoms with Crippen LogP contribution in [0.5, 0.6) is 0 Å². The maximum absolute atomic E-state index is 5.77. The Balaban J connectivity index is 0.00000192. The Morgan fingerprint density at radius 3 is 2.65 bits per heavy atom. The monoisotopic (exact) mass is 381 g/mol. The van der Waals surface area contributed by atoms with E-state index in [0.29, 0.717) is 0 Å². The van der Waals surface area contributed by atoms with Gasteiger partial charge in [0.1, 0.15) is 0 Å². The minimum Gasteiger partial charge on any atom is -0.496 e. The van der Waals surface area contributed by atoms with Crippen LogP contribution in [0.2, 0.25) is 0 Å². The SMILES string of the molecule is CC=CCCCc1c(C)ccc2[cH-]c(-c3ccc(C)o3)cc12.[Zr]. The average Bonchev–Trinajstić information content (AvgIpc) is 3.11. The van der Waals surface area contributed by atoms with Crippen LogP contribution >= 0.6 is 0 Å². The van der Waals surface area contributed by atoms with E-state index in [9.17, 15) is 0 Å². The van der Waals surface area contributed by atoms with Crippen LogP contribution in [0.3, 0.4) is 0 Å². The van der Waals surface area contributed by atoms with Gasteiger partial charge < -0.3 is 4.42 Å². The number of benzene rings is 1. The maximum atomic E-state index is 5.77. The van der Waals surface area contributed by atoms with E-state index in [4.69, 9.17) is 4.42 Å². The van der Waals surface area contributed by atoms with Crippen molar-refractivity contribution in [3.8, 4) is 11.3 Å². The molecule has 0 amide bonds. The van der Waals surface area contributed by atoms with Gasteiger partial charge in [0.15, 0.2) is 0 Å². The van der Waals surface area contributed by atoms with Crippen molar-refractivity contribution in [3.05, 3.63) is 65.4 Å². The maximum Gasteiger partial charge on any atom is 0.0896 e. The summed E-state index contributed by atoms with van der Waals surface area (Å²) in [5.41, 5.74) is 4.06. The molecule has 0 aliphatic carbocycles. The first kappa shape index (κ1) is 18.1. The molecule has 3 aromatic rings. The molecule has 0 bridgehead atoms. The molecule has 0 aliphatic heterocycles. The zero-order chi connectivity index (χ0) is 15.5. The quantitative estimate of drug-likeness (QED) is 0.285. The van der Waals surface area contributed by atoms with Gasteiger partial charge in [-0.25, -0.2) is 0 Å². The van der Waals surface area contributed by atoms with Crippen molar-refractivity contribution in [2.75, 3.05) is 0 Å². The summed E-state index contributed by atoms with van der Waals surface area (Å²) >= 11 is 0. The summed E-state index contributed by atoms with van der Waals surface area (Å²) < 4.78 is 5.77. The van der Waals surface area contributed by atoms with Crippen molar-refractivity contribution in [2.45, 2.75) is 40.0 Å². The summed E-state index contributed by atoms with van der Waals surface area (Å²) in [5.74, 6) is 1.93. The molecule has 23 heavy (non-hydrogen) atoms. The molecular formula is C21H23OZr-. The van der Waals surface area contributed by atoms with Crippen molar-refractivity contribution in [1.29, 1.82) is 0 Å². The fraction of sp³-hybridized carbons (Fsp3) is 0.286. The summed E-state index contributed by atoms with van der Waals surface area (Å²) in [6.07, 6.45) is 7.86. The number of unbranched alkanes of at least 4 members (excludes halogenated alkanes) is 1. The second-order valence-corrected chi connectivity index (χ2v) is 5.98. The van der Waals surface area contributed by atoms with Crippen LogP contribution in [-0.4, -0.2) is 0 Å². The van der Waals surface area contributed by atoms with Crippen molar-refractivity contribution in [3.63, 3.8) is 0 Å². The van der Waals surface area contributed by atoms with Gasteiger partial charge in [-0.1, -0.05) is 34.9 Å². The number of rotatable bonds is 5. The molecule has 3 rings (SSSR count). The number of allylic oxidation sites excluding steroid dienone is 2. The van der Waals surface area contributed by atoms with Gasteiger partial charge in [-0.2, -0.15) is 0 Å². The van der Waals surface area contributed by atoms with Gasteiger partial charge in [0, 0.05) is 26.2 Å². The molecule has 0 atom stereocenters. The minimum absolute atomic E-state index is 0. The third-order valence-electron chi connectivity index (χ3n) is 4.29. The molecule has 1 aromatic heterocycles. The Kier molecular flexibility index (Phi) is 6.30. The molecule has 1 heterocycles. The average molecular weight is 383 g/mol. The fourth-order valence-corrected chi connectivity index (χ4v) is 3.08. The van der Waals surface area contributed by atoms with Crippen LogP contribution in [0.15, 0.2) is 53.0 Å². The molecule has 1 nitrogen and oxygen atoms in total. The number of furan rings is 1. The minimum atomic E-state index is 0. The summed E-state index contributed by atoms with van der Waals surface area (Å²) in [4.78, 5) is 0. The van der Waals surface area contributed by atoms with Gasteiger partial charge >= 0.3 is 0 Å². The smallest absolute Gasteiger partial charge is 0.0896 e. The second-order valence-electron chi connectivity index (χ2n) is 5.98. The topological polar surface area (TPSA) is 13.1 Å². The predicted octanol–water partition coefficient (Wildman–Crippen LogP) is 6.33. The van der Waals surface area contributed by atoms with Crippen LogP contribution in [0.25, 0.3) is 22.1 Å². The number of aryl methyl sites for hydroxylation is 3. The molecule has 0 saturated heterocycles. The van der Waals surface area contributed by atoms with E-state index < -0.39 is 0 Å². The fourth-order valence-electron chi connectivity index (χ4n) is 3.08. The number of hydrogen-bond donors (Lipinski definition) is 0. The molecule has 0 spiro atoms. The summed E-state index contributed by atoms with van der Waals surface area (Å²) in [6, 6.07) is 13.1. The largest absolute Gasteiger partial charge is 0.496 e. The zero-order valence-corrected chi connectivity index (χ0v) is 16.6. The van der Waals surface area contributed by atoms with Crippen LogP contribution in [0.1, 0.15) is 36.7 Å². The predicted molar refractivity (Wildman–Crippen MR) is 94.5 cm³/mol. The van der Waals surface area contributed by atoms with E-state index in [-0.39, 0.29) is 26.2 Å². The van der Waals surface area contributed by atoms with Crippen molar-refractivity contribution in [2.24, 2.45) is 0 Å². The Morgan fingerprint density at radius 1 is 1.13 bits per heavy atom. The molecule has 0 fully saturated rings. The Morgan fingerprint density at radius 2 is 1.96 bits per heavy atom. The van der Waals surface area contributed by atoms with E-state index >= 15 is 0 Å². The van der Waals surface area contributed by atoms with Crippen molar-refractivity contribution >= 4 is 10.8 Å². The first-order valence-corrected chi connectivity index (χ1v) is 8.06. The van der Waals surface area contributed by atoms with Crippen molar-refractivity contribution < 1.29 is 30.6 Å². The molecule has 0 unspecified atom stereocenters. The Hall–Kier alpha value is -1.27. The van der Waals surface area contributed by atoms with E-state index in [1.54, 1.807) is 0 Å². The molecule has 2 heteroatoms. The molecule has 0 saturated carbocycles. The van der Waals surface area contributed by atoms with E-state index in [0.717, 1.165) is 24.4 Å². The van der Waals surface area contributed by atoms with Gasteiger partial charge in [0.25, 0.3) is 0 Å². The number of fused-ring (bicyclic) bond motifs is 1. The second kappa shape index (κ2) is 8.02. The van der Waals surface area contributed by atoms with Crippen LogP contribution in [0.4, 0.5) is 0 Å². The van der Waals surface area contributed by atoms with Gasteiger partial charge in [-0.15, -0.1) is 29.0 Å². The molecule has 2 aromatic carbocycles. The molecular weight excluding hydrogens is 359 g/mol. The third-order valence-corrected chi connectivity index (χ3v) is 4.29. The zero-order valence-electron chi connectivity index (χ0n) is 14.1. The van der Waals surface area contributed by atoms with E-state index in [1.165, 1.54) is 33.9 Å². The Bertz CT molecular complexity index is 804. The molecule has 118 valence electrons. The first-order valence-electron chi connectivity index (χ1n) is 8.06. The first-order chi connectivity index (χ1) is 10.7. The van der Waals surface area contributed by atoms with Crippen LogP contribution in [-0.2, 0) is 32.6 Å². The van der Waals surface area contributed by atoms with Crippen LogP contribution < -0.4 is 0 Å². The summed E-state index contributed by atoms with van der Waals surface area (Å²) in [7, 11) is 0. The normalized spacial score (nSPS) is 11.3. The standard InChI is InChI=1S/C21H23O.Zr/c1-4-5-6-7-8-19-15(2)9-11-17-13-18(14-20(17)19)21-12-10-16(3)22-21;/h4-5,9-14H,6-8H2,1-3H3;/q-1;. The van der Waals surface area contributed by atoms with Gasteiger partial charge in [0.2, 0.25) is 0 Å². The van der Waals surface area contributed by atoms with Gasteiger partial charge in [0.05, 0.1) is 11.5 Å². The summed E-state index contributed by atoms with van der Waals surface area (Å²) in [5, 5.41) is 2.69. The van der Waals surface area contributed by atoms with Gasteiger partial charge in [-0.3, -0.25) is 0 Å². The molecule has 0 aliphatic rings. The van der Waals surface area contributed by atoms with E-state index in [1.807, 2.05) is 13.0 Å². The third kappa shape index (κ3) is 3.98. The molecule has 0 N–H and O–H groups in total. The summed E-state index contributed by atoms with van der Waals surface area (Å²) in [6.45, 7) is 6.29. The van der Waals surface area contributed by atoms with Crippen molar-refractivity contribution in [1.82, 2.24) is 0 Å². The Labute approximate surface area is 157 Å². The van der Waals surface area contributed by atoms with Gasteiger partial charge in [-0.05, 0) is 52.2 Å². The molecule has 0 radical (unpaired) electrons. The van der Waals surface area contributed by atoms with E-state index in [2.05, 4.69) is 56.3 Å². The van der Waals surface area contributed by atoms with Crippen LogP contribution in [0, 0.1) is 13.8 Å². The number of hydrogen-bond acceptors (Lipinski definition) is 1.